The first kappa shape index (κ1) is 12.0. The Balaban J connectivity index is 2.05. The quantitative estimate of drug-likeness (QED) is 0.684. The van der Waals surface area contributed by atoms with Crippen molar-refractivity contribution >= 4 is 38.6 Å². The van der Waals surface area contributed by atoms with Crippen molar-refractivity contribution in [2.75, 3.05) is 11.1 Å². The van der Waals surface area contributed by atoms with Gasteiger partial charge in [-0.1, -0.05) is 12.1 Å². The summed E-state index contributed by atoms with van der Waals surface area (Å²) in [5.74, 6) is 0. The highest BCUT2D eigenvalue weighted by Gasteiger charge is 2.08. The van der Waals surface area contributed by atoms with Crippen molar-refractivity contribution in [2.45, 2.75) is 13.8 Å². The first-order valence-electron chi connectivity index (χ1n) is 6.12. The lowest BCUT2D eigenvalue weighted by molar-refractivity contribution is 1.33. The molecule has 0 radical (unpaired) electrons. The van der Waals surface area contributed by atoms with Gasteiger partial charge in [0.25, 0.3) is 0 Å². The van der Waals surface area contributed by atoms with Crippen molar-refractivity contribution in [3.63, 3.8) is 0 Å². The van der Waals surface area contributed by atoms with Crippen LogP contribution in [0, 0.1) is 13.8 Å². The summed E-state index contributed by atoms with van der Waals surface area (Å²) in [6.45, 7) is 4.21. The van der Waals surface area contributed by atoms with Crippen LogP contribution < -0.4 is 11.1 Å². The maximum absolute atomic E-state index is 6.18. The first-order valence-corrected chi connectivity index (χ1v) is 6.99. The highest BCUT2D eigenvalue weighted by Crippen LogP contribution is 2.32. The van der Waals surface area contributed by atoms with E-state index < -0.39 is 0 Å². The number of nitrogens with one attached hydrogen (secondary N) is 1. The third kappa shape index (κ3) is 2.04. The molecule has 3 aromatic rings. The van der Waals surface area contributed by atoms with Gasteiger partial charge in [0.05, 0.1) is 21.6 Å². The number of hydrogen-bond acceptors (Lipinski definition) is 4. The fourth-order valence-electron chi connectivity index (χ4n) is 2.09. The monoisotopic (exact) mass is 269 g/mol. The molecule has 0 spiro atoms. The lowest BCUT2D eigenvalue weighted by Gasteiger charge is -2.13. The Bertz CT molecular complexity index is 746. The number of rotatable bonds is 2. The van der Waals surface area contributed by atoms with Crippen molar-refractivity contribution in [2.24, 2.45) is 0 Å². The van der Waals surface area contributed by atoms with Gasteiger partial charge in [-0.2, -0.15) is 0 Å². The number of nitrogens with zero attached hydrogens (tertiary/aromatic N) is 1. The normalized spacial score (nSPS) is 10.8. The van der Waals surface area contributed by atoms with Crippen LogP contribution in [0.4, 0.5) is 17.1 Å². The molecule has 3 rings (SSSR count). The topological polar surface area (TPSA) is 50.9 Å². The molecule has 4 heteroatoms. The van der Waals surface area contributed by atoms with Gasteiger partial charge in [-0.15, -0.1) is 11.3 Å². The lowest BCUT2D eigenvalue weighted by atomic mass is 10.1. The number of thiazole rings is 1. The average Bonchev–Trinajstić information content (AvgIpc) is 2.87. The second-order valence-corrected chi connectivity index (χ2v) is 5.48. The fourth-order valence-corrected chi connectivity index (χ4v) is 2.79. The second kappa shape index (κ2) is 4.55. The van der Waals surface area contributed by atoms with Gasteiger partial charge >= 0.3 is 0 Å². The van der Waals surface area contributed by atoms with Gasteiger partial charge in [-0.3, -0.25) is 0 Å². The summed E-state index contributed by atoms with van der Waals surface area (Å²) < 4.78 is 1.11. The molecule has 1 aromatic heterocycles. The van der Waals surface area contributed by atoms with Crippen LogP contribution in [0.2, 0.25) is 0 Å². The minimum absolute atomic E-state index is 0.708. The Labute approximate surface area is 116 Å². The van der Waals surface area contributed by atoms with Crippen molar-refractivity contribution in [1.82, 2.24) is 4.98 Å². The van der Waals surface area contributed by atoms with Crippen LogP contribution in [-0.2, 0) is 0 Å². The maximum Gasteiger partial charge on any atom is 0.106 e. The SMILES string of the molecule is Cc1cccc(Nc2ccc3scnc3c2N)c1C. The van der Waals surface area contributed by atoms with E-state index in [1.165, 1.54) is 11.1 Å². The van der Waals surface area contributed by atoms with Crippen LogP contribution in [0.3, 0.4) is 0 Å². The van der Waals surface area contributed by atoms with Gasteiger partial charge < -0.3 is 11.1 Å². The molecular weight excluding hydrogens is 254 g/mol. The van der Waals surface area contributed by atoms with Crippen molar-refractivity contribution in [3.8, 4) is 0 Å². The number of aromatic nitrogens is 1. The molecule has 0 atom stereocenters. The third-order valence-corrected chi connectivity index (χ3v) is 4.21. The van der Waals surface area contributed by atoms with Gasteiger partial charge in [0.1, 0.15) is 5.52 Å². The number of nitrogen functional groups attached to an aromatic ring is 1. The number of hydrogen-bond donors (Lipinski definition) is 2. The van der Waals surface area contributed by atoms with E-state index in [1.54, 1.807) is 11.3 Å². The van der Waals surface area contributed by atoms with Crippen LogP contribution in [-0.4, -0.2) is 4.98 Å². The second-order valence-electron chi connectivity index (χ2n) is 4.60. The van der Waals surface area contributed by atoms with Gasteiger partial charge in [-0.25, -0.2) is 4.98 Å². The van der Waals surface area contributed by atoms with Gasteiger partial charge in [0.15, 0.2) is 0 Å². The predicted octanol–water partition coefficient (Wildman–Crippen LogP) is 4.24. The van der Waals surface area contributed by atoms with Crippen LogP contribution in [0.25, 0.3) is 10.2 Å². The Kier molecular flexibility index (Phi) is 2.87. The number of anilines is 3. The van der Waals surface area contributed by atoms with E-state index in [0.29, 0.717) is 5.69 Å². The zero-order valence-electron chi connectivity index (χ0n) is 10.9. The van der Waals surface area contributed by atoms with E-state index >= 15 is 0 Å². The van der Waals surface area contributed by atoms with E-state index in [2.05, 4.69) is 42.3 Å². The predicted molar refractivity (Wildman–Crippen MR) is 83.2 cm³/mol. The minimum atomic E-state index is 0.708. The number of nitrogens with two attached hydrogens (primary N) is 1. The molecule has 2 aromatic carbocycles. The highest BCUT2D eigenvalue weighted by molar-refractivity contribution is 7.16. The van der Waals surface area contributed by atoms with E-state index in [1.807, 2.05) is 17.6 Å². The summed E-state index contributed by atoms with van der Waals surface area (Å²) in [5.41, 5.74) is 14.1. The zero-order valence-corrected chi connectivity index (χ0v) is 11.7. The molecular formula is C15H15N3S. The Morgan fingerprint density at radius 2 is 1.95 bits per heavy atom. The summed E-state index contributed by atoms with van der Waals surface area (Å²) in [5, 5.41) is 3.40. The van der Waals surface area contributed by atoms with E-state index in [4.69, 9.17) is 5.73 Å². The van der Waals surface area contributed by atoms with Crippen molar-refractivity contribution in [3.05, 3.63) is 47.0 Å². The largest absolute Gasteiger partial charge is 0.395 e. The number of benzene rings is 2. The molecule has 19 heavy (non-hydrogen) atoms. The number of aryl methyl sites for hydroxylation is 1. The number of fused-ring (bicyclic) bond motifs is 1. The van der Waals surface area contributed by atoms with E-state index in [9.17, 15) is 0 Å². The molecule has 0 amide bonds. The Morgan fingerprint density at radius 1 is 1.11 bits per heavy atom. The fraction of sp³-hybridized carbons (Fsp3) is 0.133. The zero-order chi connectivity index (χ0) is 13.4. The van der Waals surface area contributed by atoms with Gasteiger partial charge in [-0.05, 0) is 43.2 Å². The van der Waals surface area contributed by atoms with Crippen molar-refractivity contribution in [1.29, 1.82) is 0 Å². The Morgan fingerprint density at radius 3 is 2.79 bits per heavy atom. The molecule has 0 fully saturated rings. The summed E-state index contributed by atoms with van der Waals surface area (Å²) in [7, 11) is 0. The van der Waals surface area contributed by atoms with Crippen LogP contribution in [0.15, 0.2) is 35.8 Å². The summed E-state index contributed by atoms with van der Waals surface area (Å²) >= 11 is 1.60. The molecule has 1 heterocycles. The van der Waals surface area contributed by atoms with Crippen LogP contribution in [0.1, 0.15) is 11.1 Å². The molecule has 0 saturated heterocycles. The average molecular weight is 269 g/mol. The molecule has 96 valence electrons. The van der Waals surface area contributed by atoms with E-state index in [-0.39, 0.29) is 0 Å². The summed E-state index contributed by atoms with van der Waals surface area (Å²) in [6, 6.07) is 10.3. The summed E-state index contributed by atoms with van der Waals surface area (Å²) in [6.07, 6.45) is 0. The standard InChI is InChI=1S/C15H15N3S/c1-9-4-3-5-11(10(9)2)18-12-6-7-13-15(14(12)16)17-8-19-13/h3-8,18H,16H2,1-2H3. The van der Waals surface area contributed by atoms with E-state index in [0.717, 1.165) is 21.6 Å². The molecule has 0 unspecified atom stereocenters. The Hall–Kier alpha value is -2.07. The molecule has 0 aliphatic rings. The van der Waals surface area contributed by atoms with Crippen molar-refractivity contribution < 1.29 is 0 Å². The highest BCUT2D eigenvalue weighted by atomic mass is 32.1. The molecule has 3 N–H and O–H groups in total. The summed E-state index contributed by atoms with van der Waals surface area (Å²) in [4.78, 5) is 4.31. The smallest absolute Gasteiger partial charge is 0.106 e. The first-order chi connectivity index (χ1) is 9.16. The van der Waals surface area contributed by atoms with Gasteiger partial charge in [0.2, 0.25) is 0 Å². The van der Waals surface area contributed by atoms with Gasteiger partial charge in [0, 0.05) is 5.69 Å². The lowest BCUT2D eigenvalue weighted by Crippen LogP contribution is -1.99. The molecule has 0 aliphatic carbocycles. The van der Waals surface area contributed by atoms with Crippen LogP contribution in [0.5, 0.6) is 0 Å². The molecule has 0 bridgehead atoms. The third-order valence-electron chi connectivity index (χ3n) is 3.42. The molecule has 0 aliphatic heterocycles. The molecule has 3 nitrogen and oxygen atoms in total. The minimum Gasteiger partial charge on any atom is -0.395 e. The van der Waals surface area contributed by atoms with Crippen LogP contribution >= 0.6 is 11.3 Å². The molecule has 0 saturated carbocycles. The maximum atomic E-state index is 6.18.